The third-order valence-electron chi connectivity index (χ3n) is 3.90. The van der Waals surface area contributed by atoms with E-state index in [0.717, 1.165) is 11.3 Å². The van der Waals surface area contributed by atoms with Gasteiger partial charge >= 0.3 is 0 Å². The van der Waals surface area contributed by atoms with E-state index in [-0.39, 0.29) is 11.9 Å². The molecule has 2 rings (SSSR count). The first-order valence-electron chi connectivity index (χ1n) is 7.76. The fourth-order valence-corrected chi connectivity index (χ4v) is 2.44. The lowest BCUT2D eigenvalue weighted by atomic mass is 10.1. The maximum Gasteiger partial charge on any atom is 0.251 e. The van der Waals surface area contributed by atoms with Gasteiger partial charge in [0.2, 0.25) is 0 Å². The van der Waals surface area contributed by atoms with Crippen molar-refractivity contribution in [2.24, 2.45) is 0 Å². The first kappa shape index (κ1) is 17.7. The molecular formula is C19H24N2O3. The van der Waals surface area contributed by atoms with E-state index in [9.17, 15) is 4.79 Å². The van der Waals surface area contributed by atoms with Crippen molar-refractivity contribution in [3.05, 3.63) is 53.6 Å². The molecule has 2 aromatic carbocycles. The number of hydrogen-bond donors (Lipinski definition) is 1. The van der Waals surface area contributed by atoms with E-state index in [1.165, 1.54) is 0 Å². The summed E-state index contributed by atoms with van der Waals surface area (Å²) in [6.07, 6.45) is 0. The van der Waals surface area contributed by atoms with Crippen LogP contribution in [-0.4, -0.2) is 34.2 Å². The Kier molecular flexibility index (Phi) is 5.68. The molecule has 0 saturated heterocycles. The zero-order valence-electron chi connectivity index (χ0n) is 14.8. The molecule has 5 nitrogen and oxygen atoms in total. The van der Waals surface area contributed by atoms with E-state index in [0.29, 0.717) is 17.1 Å². The van der Waals surface area contributed by atoms with Gasteiger partial charge in [0, 0.05) is 37.0 Å². The summed E-state index contributed by atoms with van der Waals surface area (Å²) in [5.41, 5.74) is 2.58. The average molecular weight is 328 g/mol. The summed E-state index contributed by atoms with van der Waals surface area (Å²) in [5, 5.41) is 3.00. The van der Waals surface area contributed by atoms with Gasteiger partial charge in [-0.3, -0.25) is 4.79 Å². The van der Waals surface area contributed by atoms with Gasteiger partial charge in [0.1, 0.15) is 11.5 Å². The molecule has 0 aliphatic heterocycles. The van der Waals surface area contributed by atoms with E-state index < -0.39 is 0 Å². The zero-order valence-corrected chi connectivity index (χ0v) is 14.8. The quantitative estimate of drug-likeness (QED) is 0.884. The lowest BCUT2D eigenvalue weighted by molar-refractivity contribution is 0.0939. The molecule has 0 fully saturated rings. The molecule has 0 aliphatic carbocycles. The predicted octanol–water partition coefficient (Wildman–Crippen LogP) is 3.26. The van der Waals surface area contributed by atoms with Crippen LogP contribution in [0, 0.1) is 0 Å². The van der Waals surface area contributed by atoms with Gasteiger partial charge in [-0.1, -0.05) is 0 Å². The molecule has 128 valence electrons. The first-order valence-corrected chi connectivity index (χ1v) is 7.76. The molecule has 2 aromatic rings. The summed E-state index contributed by atoms with van der Waals surface area (Å²) in [6.45, 7) is 1.93. The van der Waals surface area contributed by atoms with E-state index >= 15 is 0 Å². The van der Waals surface area contributed by atoms with Crippen LogP contribution < -0.4 is 19.7 Å². The summed E-state index contributed by atoms with van der Waals surface area (Å²) in [7, 11) is 7.14. The van der Waals surface area contributed by atoms with Gasteiger partial charge in [0.05, 0.1) is 20.3 Å². The molecule has 0 heterocycles. The Bertz CT molecular complexity index is 696. The number of ether oxygens (including phenoxy) is 2. The first-order chi connectivity index (χ1) is 11.5. The molecule has 24 heavy (non-hydrogen) atoms. The van der Waals surface area contributed by atoms with Gasteiger partial charge in [-0.15, -0.1) is 0 Å². The molecule has 5 heteroatoms. The van der Waals surface area contributed by atoms with Crippen molar-refractivity contribution in [3.63, 3.8) is 0 Å². The minimum Gasteiger partial charge on any atom is -0.497 e. The Morgan fingerprint density at radius 1 is 1.04 bits per heavy atom. The summed E-state index contributed by atoms with van der Waals surface area (Å²) in [4.78, 5) is 14.4. The summed E-state index contributed by atoms with van der Waals surface area (Å²) < 4.78 is 10.6. The summed E-state index contributed by atoms with van der Waals surface area (Å²) >= 11 is 0. The van der Waals surface area contributed by atoms with Gasteiger partial charge in [0.15, 0.2) is 0 Å². The third kappa shape index (κ3) is 3.98. The second kappa shape index (κ2) is 7.73. The maximum absolute atomic E-state index is 12.4. The van der Waals surface area contributed by atoms with Crippen LogP contribution in [0.5, 0.6) is 11.5 Å². The minimum absolute atomic E-state index is 0.120. The number of amides is 1. The van der Waals surface area contributed by atoms with Crippen molar-refractivity contribution in [1.82, 2.24) is 5.32 Å². The number of rotatable bonds is 6. The number of methoxy groups -OCH3 is 2. The Morgan fingerprint density at radius 2 is 1.71 bits per heavy atom. The van der Waals surface area contributed by atoms with E-state index in [4.69, 9.17) is 9.47 Å². The lowest BCUT2D eigenvalue weighted by Gasteiger charge is -2.18. The van der Waals surface area contributed by atoms with Crippen molar-refractivity contribution in [3.8, 4) is 11.5 Å². The Balaban J connectivity index is 2.13. The van der Waals surface area contributed by atoms with Crippen molar-refractivity contribution in [1.29, 1.82) is 0 Å². The molecule has 1 unspecified atom stereocenters. The van der Waals surface area contributed by atoms with Crippen molar-refractivity contribution >= 4 is 11.6 Å². The molecule has 1 atom stereocenters. The number of nitrogens with one attached hydrogen (secondary N) is 1. The monoisotopic (exact) mass is 328 g/mol. The van der Waals surface area contributed by atoms with Gasteiger partial charge in [-0.25, -0.2) is 0 Å². The summed E-state index contributed by atoms with van der Waals surface area (Å²) in [5.74, 6) is 1.28. The van der Waals surface area contributed by atoms with Gasteiger partial charge in [-0.05, 0) is 43.3 Å². The van der Waals surface area contributed by atoms with Crippen LogP contribution in [-0.2, 0) is 0 Å². The Hall–Kier alpha value is -2.69. The van der Waals surface area contributed by atoms with Crippen LogP contribution in [0.3, 0.4) is 0 Å². The molecule has 1 amide bonds. The van der Waals surface area contributed by atoms with Crippen LogP contribution in [0.2, 0.25) is 0 Å². The van der Waals surface area contributed by atoms with Gasteiger partial charge in [0.25, 0.3) is 5.91 Å². The number of benzene rings is 2. The lowest BCUT2D eigenvalue weighted by Crippen LogP contribution is -2.27. The van der Waals surface area contributed by atoms with Crippen molar-refractivity contribution in [2.75, 3.05) is 33.2 Å². The van der Waals surface area contributed by atoms with Crippen LogP contribution in [0.4, 0.5) is 5.69 Å². The molecular weight excluding hydrogens is 304 g/mol. The molecule has 0 bridgehead atoms. The molecule has 0 saturated carbocycles. The zero-order chi connectivity index (χ0) is 17.7. The average Bonchev–Trinajstić information content (AvgIpc) is 2.60. The second-order valence-electron chi connectivity index (χ2n) is 5.74. The fraction of sp³-hybridized carbons (Fsp3) is 0.316. The highest BCUT2D eigenvalue weighted by Gasteiger charge is 2.16. The standard InChI is InChI=1S/C19H24N2O3/c1-13(17-11-10-16(23-4)12-18(17)24-5)20-19(22)14-6-8-15(9-7-14)21(2)3/h6-13H,1-5H3,(H,20,22). The van der Waals surface area contributed by atoms with E-state index in [2.05, 4.69) is 5.32 Å². The van der Waals surface area contributed by atoms with Crippen LogP contribution in [0.1, 0.15) is 28.9 Å². The number of nitrogens with zero attached hydrogens (tertiary/aromatic N) is 1. The highest BCUT2D eigenvalue weighted by atomic mass is 16.5. The maximum atomic E-state index is 12.4. The summed E-state index contributed by atoms with van der Waals surface area (Å²) in [6, 6.07) is 12.9. The normalized spacial score (nSPS) is 11.5. The van der Waals surface area contributed by atoms with Crippen molar-refractivity contribution in [2.45, 2.75) is 13.0 Å². The number of carbonyl (C=O) groups is 1. The fourth-order valence-electron chi connectivity index (χ4n) is 2.44. The Morgan fingerprint density at radius 3 is 2.25 bits per heavy atom. The molecule has 0 spiro atoms. The third-order valence-corrected chi connectivity index (χ3v) is 3.90. The van der Waals surface area contributed by atoms with Gasteiger partial charge in [-0.2, -0.15) is 0 Å². The van der Waals surface area contributed by atoms with Gasteiger partial charge < -0.3 is 19.7 Å². The second-order valence-corrected chi connectivity index (χ2v) is 5.74. The predicted molar refractivity (Wildman–Crippen MR) is 96.2 cm³/mol. The van der Waals surface area contributed by atoms with Crippen molar-refractivity contribution < 1.29 is 14.3 Å². The molecule has 0 aliphatic rings. The highest BCUT2D eigenvalue weighted by molar-refractivity contribution is 5.94. The van der Waals surface area contributed by atoms with E-state index in [1.807, 2.05) is 68.4 Å². The molecule has 0 aromatic heterocycles. The molecule has 1 N–H and O–H groups in total. The number of anilines is 1. The number of hydrogen-bond acceptors (Lipinski definition) is 4. The highest BCUT2D eigenvalue weighted by Crippen LogP contribution is 2.29. The number of carbonyl (C=O) groups excluding carboxylic acids is 1. The largest absolute Gasteiger partial charge is 0.497 e. The SMILES string of the molecule is COc1ccc(C(C)NC(=O)c2ccc(N(C)C)cc2)c(OC)c1. The van der Waals surface area contributed by atoms with Crippen LogP contribution >= 0.6 is 0 Å². The smallest absolute Gasteiger partial charge is 0.251 e. The van der Waals surface area contributed by atoms with E-state index in [1.54, 1.807) is 14.2 Å². The topological polar surface area (TPSA) is 50.8 Å². The Labute approximate surface area is 143 Å². The van der Waals surface area contributed by atoms with Crippen LogP contribution in [0.15, 0.2) is 42.5 Å². The van der Waals surface area contributed by atoms with Crippen LogP contribution in [0.25, 0.3) is 0 Å². The molecule has 0 radical (unpaired) electrons. The minimum atomic E-state index is -0.188.